The van der Waals surface area contributed by atoms with E-state index in [9.17, 15) is 33.7 Å². The minimum Gasteiger partial charge on any atom is -0.483 e. The van der Waals surface area contributed by atoms with Crippen LogP contribution in [0.4, 0.5) is 34.3 Å². The lowest BCUT2D eigenvalue weighted by molar-refractivity contribution is -0.0794. The molecule has 2 aromatic rings. The van der Waals surface area contributed by atoms with E-state index in [0.29, 0.717) is 6.07 Å². The van der Waals surface area contributed by atoms with Gasteiger partial charge in [-0.2, -0.15) is 0 Å². The van der Waals surface area contributed by atoms with E-state index >= 15 is 0 Å². The molecule has 2 amide bonds. The first kappa shape index (κ1) is 22.6. The van der Waals surface area contributed by atoms with E-state index in [1.807, 2.05) is 0 Å². The Kier molecular flexibility index (Phi) is 4.88. The molecule has 1 fully saturated rings. The summed E-state index contributed by atoms with van der Waals surface area (Å²) >= 11 is 0. The van der Waals surface area contributed by atoms with Crippen molar-refractivity contribution in [1.82, 2.24) is 5.32 Å². The quantitative estimate of drug-likeness (QED) is 0.520. The zero-order valence-corrected chi connectivity index (χ0v) is 17.0. The van der Waals surface area contributed by atoms with E-state index in [4.69, 9.17) is 9.47 Å². The number of anilines is 1. The van der Waals surface area contributed by atoms with Crippen molar-refractivity contribution in [2.45, 2.75) is 29.6 Å². The van der Waals surface area contributed by atoms with Crippen molar-refractivity contribution in [1.29, 1.82) is 0 Å². The third kappa shape index (κ3) is 4.59. The van der Waals surface area contributed by atoms with Gasteiger partial charge in [0.2, 0.25) is 0 Å². The highest BCUT2D eigenvalue weighted by atomic mass is 32.5. The van der Waals surface area contributed by atoms with Crippen LogP contribution in [0, 0.1) is 5.82 Å². The number of urea groups is 1. The molecule has 0 saturated carbocycles. The summed E-state index contributed by atoms with van der Waals surface area (Å²) in [7, 11) is -10.0. The van der Waals surface area contributed by atoms with Crippen molar-refractivity contribution in [3.05, 3.63) is 53.3 Å². The summed E-state index contributed by atoms with van der Waals surface area (Å²) in [5.41, 5.74) is -0.175. The van der Waals surface area contributed by atoms with Gasteiger partial charge in [-0.25, -0.2) is 9.18 Å². The molecular weight excluding hydrogens is 466 g/mol. The number of benzene rings is 2. The molecule has 13 heteroatoms. The van der Waals surface area contributed by atoms with Gasteiger partial charge in [0.05, 0.1) is 31.0 Å². The number of amides is 2. The lowest BCUT2D eigenvalue weighted by Gasteiger charge is -2.40. The Morgan fingerprint density at radius 1 is 1.12 bits per heavy atom. The van der Waals surface area contributed by atoms with Crippen molar-refractivity contribution in [2.24, 2.45) is 0 Å². The maximum atomic E-state index is 13.9. The van der Waals surface area contributed by atoms with Crippen LogP contribution in [0.2, 0.25) is 0 Å². The molecule has 4 rings (SSSR count). The summed E-state index contributed by atoms with van der Waals surface area (Å²) in [6, 6.07) is 2.95. The Balaban J connectivity index is 1.55. The first-order valence-electron chi connectivity index (χ1n) is 9.37. The van der Waals surface area contributed by atoms with Crippen LogP contribution in [0.5, 0.6) is 5.75 Å². The van der Waals surface area contributed by atoms with E-state index < -0.39 is 50.9 Å². The minimum absolute atomic E-state index is 0.0646. The van der Waals surface area contributed by atoms with Gasteiger partial charge in [-0.15, -0.1) is 0 Å². The maximum absolute atomic E-state index is 13.9. The summed E-state index contributed by atoms with van der Waals surface area (Å²) in [5.74, 6) is -0.839. The Bertz CT molecular complexity index is 1080. The first-order chi connectivity index (χ1) is 14.7. The van der Waals surface area contributed by atoms with E-state index in [0.717, 1.165) is 0 Å². The predicted octanol–water partition coefficient (Wildman–Crippen LogP) is 5.04. The summed E-state index contributed by atoms with van der Waals surface area (Å²) in [4.78, 5) is 10.2. The lowest BCUT2D eigenvalue weighted by Crippen LogP contribution is -2.41. The van der Waals surface area contributed by atoms with Gasteiger partial charge >= 0.3 is 16.3 Å². The molecule has 6 nitrogen and oxygen atoms in total. The second kappa shape index (κ2) is 6.93. The Hall–Kier alpha value is -2.64. The molecule has 32 heavy (non-hydrogen) atoms. The normalized spacial score (nSPS) is 22.8. The third-order valence-corrected chi connectivity index (χ3v) is 6.29. The van der Waals surface area contributed by atoms with E-state index in [2.05, 4.69) is 10.6 Å². The second-order valence-corrected chi connectivity index (χ2v) is 9.98. The van der Waals surface area contributed by atoms with Crippen LogP contribution in [-0.2, 0) is 11.2 Å². The number of ether oxygens (including phenoxy) is 2. The molecule has 0 radical (unpaired) electrons. The Morgan fingerprint density at radius 3 is 2.44 bits per heavy atom. The van der Waals surface area contributed by atoms with Crippen LogP contribution in [0.3, 0.4) is 0 Å². The summed E-state index contributed by atoms with van der Waals surface area (Å²) in [6.07, 6.45) is -1.84. The smallest absolute Gasteiger partial charge is 0.319 e. The SMILES string of the molecule is O=C(Nc1cc(S(F)(F)(F)(F)F)ccc1OC1COC1)NC1Cc2c(F)cccc2C1O. The molecule has 2 aliphatic rings. The Morgan fingerprint density at radius 2 is 1.84 bits per heavy atom. The average Bonchev–Trinajstić information content (AvgIpc) is 2.94. The van der Waals surface area contributed by atoms with Crippen LogP contribution < -0.4 is 15.4 Å². The molecule has 1 saturated heterocycles. The largest absolute Gasteiger partial charge is 0.483 e. The van der Waals surface area contributed by atoms with Gasteiger partial charge in [0.15, 0.2) is 0 Å². The fourth-order valence-electron chi connectivity index (χ4n) is 3.48. The minimum atomic E-state index is -10.0. The van der Waals surface area contributed by atoms with E-state index in [1.54, 1.807) is 0 Å². The fraction of sp³-hybridized carbons (Fsp3) is 0.316. The third-order valence-electron chi connectivity index (χ3n) is 5.14. The van der Waals surface area contributed by atoms with E-state index in [-0.39, 0.29) is 48.6 Å². The molecule has 1 aliphatic carbocycles. The molecule has 1 aliphatic heterocycles. The molecule has 3 N–H and O–H groups in total. The van der Waals surface area contributed by atoms with Gasteiger partial charge in [-0.05, 0) is 41.8 Å². The van der Waals surface area contributed by atoms with Crippen molar-refractivity contribution >= 4 is 21.9 Å². The van der Waals surface area contributed by atoms with Crippen LogP contribution in [0.1, 0.15) is 17.2 Å². The molecule has 2 aromatic carbocycles. The number of aliphatic hydroxyl groups excluding tert-OH is 1. The highest BCUT2D eigenvalue weighted by Gasteiger charge is 2.65. The van der Waals surface area contributed by atoms with Gasteiger partial charge < -0.3 is 25.2 Å². The summed E-state index contributed by atoms with van der Waals surface area (Å²) < 4.78 is 90.5. The number of nitrogens with one attached hydrogen (secondary N) is 2. The molecule has 0 spiro atoms. The molecule has 2 unspecified atom stereocenters. The highest BCUT2D eigenvalue weighted by molar-refractivity contribution is 8.45. The number of halogens is 6. The summed E-state index contributed by atoms with van der Waals surface area (Å²) in [6.45, 7) is 0.292. The number of aliphatic hydroxyl groups is 1. The Labute approximate surface area is 178 Å². The average molecular weight is 484 g/mol. The zero-order valence-electron chi connectivity index (χ0n) is 16.2. The van der Waals surface area contributed by atoms with Gasteiger partial charge in [-0.1, -0.05) is 31.6 Å². The standard InChI is InChI=1S/C19H18F6N2O4S/c20-14-3-1-2-12-13(14)7-16(18(12)28)27-19(29)26-15-6-11(32(21,22,23,24)25)4-5-17(15)31-10-8-30-9-10/h1-6,10,16,18,28H,7-9H2,(H2,26,27,29). The molecule has 176 valence electrons. The fourth-order valence-corrected chi connectivity index (χ4v) is 4.15. The lowest BCUT2D eigenvalue weighted by atomic mass is 10.1. The molecule has 2 atom stereocenters. The molecule has 0 bridgehead atoms. The van der Waals surface area contributed by atoms with Crippen molar-refractivity contribution < 1.29 is 43.2 Å². The number of carbonyl (C=O) groups excluding carboxylic acids is 1. The number of rotatable bonds is 5. The maximum Gasteiger partial charge on any atom is 0.319 e. The molecule has 1 heterocycles. The van der Waals surface area contributed by atoms with E-state index in [1.165, 1.54) is 18.2 Å². The number of hydrogen-bond acceptors (Lipinski definition) is 4. The van der Waals surface area contributed by atoms with Gasteiger partial charge in [0.25, 0.3) is 0 Å². The molecule has 0 aromatic heterocycles. The second-order valence-electron chi connectivity index (χ2n) is 7.57. The highest BCUT2D eigenvalue weighted by Crippen LogP contribution is 3.02. The van der Waals surface area contributed by atoms with Crippen LogP contribution in [0.25, 0.3) is 0 Å². The number of carbonyl (C=O) groups is 1. The van der Waals surface area contributed by atoms with Gasteiger partial charge in [0.1, 0.15) is 22.6 Å². The first-order valence-corrected chi connectivity index (χ1v) is 11.3. The van der Waals surface area contributed by atoms with Crippen LogP contribution in [-0.4, -0.2) is 36.5 Å². The summed E-state index contributed by atoms with van der Waals surface area (Å²) in [5, 5.41) is 14.7. The van der Waals surface area contributed by atoms with Crippen molar-refractivity contribution in [3.8, 4) is 5.75 Å². The van der Waals surface area contributed by atoms with Crippen LogP contribution in [0.15, 0.2) is 41.3 Å². The van der Waals surface area contributed by atoms with Crippen molar-refractivity contribution in [2.75, 3.05) is 18.5 Å². The predicted molar refractivity (Wildman–Crippen MR) is 104 cm³/mol. The zero-order chi connectivity index (χ0) is 23.4. The van der Waals surface area contributed by atoms with Gasteiger partial charge in [0, 0.05) is 0 Å². The molecular formula is C19H18F6N2O4S. The number of hydrogen-bond donors (Lipinski definition) is 3. The van der Waals surface area contributed by atoms with Crippen molar-refractivity contribution in [3.63, 3.8) is 0 Å². The van der Waals surface area contributed by atoms with Gasteiger partial charge in [-0.3, -0.25) is 0 Å². The number of fused-ring (bicyclic) bond motifs is 1. The van der Waals surface area contributed by atoms with Crippen LogP contribution >= 0.6 is 10.2 Å². The topological polar surface area (TPSA) is 79.8 Å². The monoisotopic (exact) mass is 484 g/mol.